The molecule has 0 heterocycles. The average Bonchev–Trinajstić information content (AvgIpc) is 2.54. The fourth-order valence-corrected chi connectivity index (χ4v) is 3.72. The maximum absolute atomic E-state index is 12.1. The van der Waals surface area contributed by atoms with Gasteiger partial charge in [0, 0.05) is 0 Å². The minimum absolute atomic E-state index is 0.0640. The molecule has 0 amide bonds. The van der Waals surface area contributed by atoms with Crippen LogP contribution in [0.3, 0.4) is 0 Å². The molecule has 23 heavy (non-hydrogen) atoms. The molecule has 0 bridgehead atoms. The zero-order chi connectivity index (χ0) is 16.9. The first-order valence-electron chi connectivity index (χ1n) is 7.40. The number of benzene rings is 2. The van der Waals surface area contributed by atoms with Crippen LogP contribution in [0.4, 0.5) is 0 Å². The summed E-state index contributed by atoms with van der Waals surface area (Å²) in [5.41, 5.74) is 2.59. The monoisotopic (exact) mass is 423 g/mol. The van der Waals surface area contributed by atoms with Gasteiger partial charge in [0.2, 0.25) is 0 Å². The van der Waals surface area contributed by atoms with Crippen LogP contribution in [0.5, 0.6) is 5.75 Å². The zero-order valence-corrected chi connectivity index (χ0v) is 15.7. The van der Waals surface area contributed by atoms with Crippen molar-refractivity contribution in [3.05, 3.63) is 65.2 Å². The van der Waals surface area contributed by atoms with Gasteiger partial charge in [-0.15, -0.1) is 0 Å². The molecule has 0 saturated heterocycles. The van der Waals surface area contributed by atoms with Crippen molar-refractivity contribution in [2.45, 2.75) is 32.6 Å². The Morgan fingerprint density at radius 1 is 1.17 bits per heavy atom. The standard InChI is InChI=1S/C19H20IO3/c1-14-13-16(19(2,3)11-12-21)9-10-17(14)23-20-18(22)15-7-5-4-6-8-15/h4-10,12-13H,11H2,1-3H3/q-1. The van der Waals surface area contributed by atoms with Gasteiger partial charge in [0.1, 0.15) is 0 Å². The Hall–Kier alpha value is -1.69. The Morgan fingerprint density at radius 2 is 1.87 bits per heavy atom. The average molecular weight is 423 g/mol. The summed E-state index contributed by atoms with van der Waals surface area (Å²) in [5, 5.41) is 0. The van der Waals surface area contributed by atoms with Crippen LogP contribution in [0, 0.1) is 6.92 Å². The van der Waals surface area contributed by atoms with Crippen molar-refractivity contribution in [1.29, 1.82) is 0 Å². The number of hydrogen-bond donors (Lipinski definition) is 0. The summed E-state index contributed by atoms with van der Waals surface area (Å²) in [6.07, 6.45) is 1.43. The molecule has 2 aromatic carbocycles. The van der Waals surface area contributed by atoms with Gasteiger partial charge in [-0.25, -0.2) is 0 Å². The normalized spacial score (nSPS) is 11.3. The van der Waals surface area contributed by atoms with Gasteiger partial charge in [-0.2, -0.15) is 0 Å². The van der Waals surface area contributed by atoms with Crippen LogP contribution in [0.1, 0.15) is 41.8 Å². The predicted octanol–water partition coefficient (Wildman–Crippen LogP) is 1.08. The van der Waals surface area contributed by atoms with E-state index in [1.807, 2.05) is 69.3 Å². The van der Waals surface area contributed by atoms with E-state index in [-0.39, 0.29) is 9.20 Å². The molecule has 122 valence electrons. The molecule has 2 aromatic rings. The van der Waals surface area contributed by atoms with Crippen molar-refractivity contribution >= 4 is 10.1 Å². The summed E-state index contributed by atoms with van der Waals surface area (Å²) in [6.45, 7) is 6.05. The molecule has 2 rings (SSSR count). The van der Waals surface area contributed by atoms with E-state index in [4.69, 9.17) is 3.07 Å². The van der Waals surface area contributed by atoms with E-state index < -0.39 is 21.6 Å². The number of halogens is 1. The third-order valence-corrected chi connectivity index (χ3v) is 5.46. The molecular formula is C19H20IO3-. The summed E-state index contributed by atoms with van der Waals surface area (Å²) in [6, 6.07) is 15.1. The minimum atomic E-state index is -1.05. The van der Waals surface area contributed by atoms with Gasteiger partial charge >= 0.3 is 148 Å². The second-order valence-electron chi connectivity index (χ2n) is 6.03. The molecule has 0 fully saturated rings. The van der Waals surface area contributed by atoms with E-state index in [0.29, 0.717) is 12.0 Å². The number of aldehydes is 1. The van der Waals surface area contributed by atoms with E-state index in [2.05, 4.69) is 0 Å². The molecule has 0 aliphatic rings. The summed E-state index contributed by atoms with van der Waals surface area (Å²) in [4.78, 5) is 22.9. The molecule has 0 aromatic heterocycles. The van der Waals surface area contributed by atoms with E-state index >= 15 is 0 Å². The topological polar surface area (TPSA) is 43.4 Å². The van der Waals surface area contributed by atoms with Crippen molar-refractivity contribution < 1.29 is 34.3 Å². The molecule has 4 heteroatoms. The molecule has 0 aliphatic heterocycles. The third-order valence-electron chi connectivity index (χ3n) is 3.74. The Labute approximate surface area is 147 Å². The van der Waals surface area contributed by atoms with Crippen LogP contribution >= 0.6 is 0 Å². The molecular weight excluding hydrogens is 403 g/mol. The quantitative estimate of drug-likeness (QED) is 0.381. The molecule has 0 N–H and O–H groups in total. The second kappa shape index (κ2) is 7.73. The van der Waals surface area contributed by atoms with Crippen molar-refractivity contribution in [1.82, 2.24) is 0 Å². The van der Waals surface area contributed by atoms with E-state index in [1.54, 1.807) is 0 Å². The molecule has 0 spiro atoms. The number of rotatable bonds is 7. The van der Waals surface area contributed by atoms with Gasteiger partial charge < -0.3 is 0 Å². The molecule has 0 radical (unpaired) electrons. The Kier molecular flexibility index (Phi) is 5.93. The summed E-state index contributed by atoms with van der Waals surface area (Å²) in [5.74, 6) is 0.743. The van der Waals surface area contributed by atoms with Gasteiger partial charge in [-0.1, -0.05) is 0 Å². The first-order valence-corrected chi connectivity index (χ1v) is 9.36. The summed E-state index contributed by atoms with van der Waals surface area (Å²) in [7, 11) is 0. The first kappa shape index (κ1) is 17.7. The maximum atomic E-state index is 12.1. The van der Waals surface area contributed by atoms with E-state index in [9.17, 15) is 9.59 Å². The Morgan fingerprint density at radius 3 is 2.48 bits per heavy atom. The van der Waals surface area contributed by atoms with Crippen molar-refractivity contribution in [3.8, 4) is 5.75 Å². The molecule has 0 saturated carbocycles. The van der Waals surface area contributed by atoms with Crippen LogP contribution in [-0.2, 0) is 10.2 Å². The summed E-state index contributed by atoms with van der Waals surface area (Å²) < 4.78 is 5.84. The van der Waals surface area contributed by atoms with Crippen LogP contribution in [0.2, 0.25) is 0 Å². The Bertz CT molecular complexity index is 693. The van der Waals surface area contributed by atoms with Gasteiger partial charge in [0.15, 0.2) is 0 Å². The third kappa shape index (κ3) is 4.64. The number of carbonyl (C=O) groups excluding carboxylic acids is 2. The van der Waals surface area contributed by atoms with Crippen molar-refractivity contribution in [2.75, 3.05) is 0 Å². The van der Waals surface area contributed by atoms with Crippen LogP contribution in [0.25, 0.3) is 0 Å². The van der Waals surface area contributed by atoms with Gasteiger partial charge in [-0.3, -0.25) is 0 Å². The molecule has 0 atom stereocenters. The zero-order valence-electron chi connectivity index (χ0n) is 13.5. The molecule has 0 aliphatic carbocycles. The second-order valence-corrected chi connectivity index (χ2v) is 7.89. The number of carbonyl (C=O) groups is 2. The first-order chi connectivity index (χ1) is 10.9. The Balaban J connectivity index is 2.07. The van der Waals surface area contributed by atoms with Gasteiger partial charge in [0.05, 0.1) is 0 Å². The fourth-order valence-electron chi connectivity index (χ4n) is 2.17. The SMILES string of the molecule is Cc1cc(C(C)(C)CC=O)ccc1O[I-]C(=O)c1ccccc1. The van der Waals surface area contributed by atoms with E-state index in [1.165, 1.54) is 0 Å². The van der Waals surface area contributed by atoms with Crippen molar-refractivity contribution in [2.24, 2.45) is 0 Å². The summed E-state index contributed by atoms with van der Waals surface area (Å²) >= 11 is -1.05. The van der Waals surface area contributed by atoms with Crippen molar-refractivity contribution in [3.63, 3.8) is 0 Å². The van der Waals surface area contributed by atoms with Crippen LogP contribution in [-0.4, -0.2) is 10.1 Å². The van der Waals surface area contributed by atoms with E-state index in [0.717, 1.165) is 23.2 Å². The fraction of sp³-hybridized carbons (Fsp3) is 0.263. The van der Waals surface area contributed by atoms with Crippen LogP contribution in [0.15, 0.2) is 48.5 Å². The molecule has 3 nitrogen and oxygen atoms in total. The number of hydrogen-bond acceptors (Lipinski definition) is 3. The predicted molar refractivity (Wildman–Crippen MR) is 86.3 cm³/mol. The number of aryl methyl sites for hydroxylation is 1. The van der Waals surface area contributed by atoms with Gasteiger partial charge in [0.25, 0.3) is 0 Å². The van der Waals surface area contributed by atoms with Gasteiger partial charge in [-0.05, 0) is 0 Å². The van der Waals surface area contributed by atoms with Crippen LogP contribution < -0.4 is 24.7 Å². The molecule has 0 unspecified atom stereocenters.